The van der Waals surface area contributed by atoms with Gasteiger partial charge in [-0.15, -0.1) is 0 Å². The Morgan fingerprint density at radius 1 is 0.949 bits per heavy atom. The molecule has 0 saturated carbocycles. The molecule has 0 aliphatic heterocycles. The van der Waals surface area contributed by atoms with Gasteiger partial charge in [0.2, 0.25) is 0 Å². The van der Waals surface area contributed by atoms with Crippen molar-refractivity contribution < 1.29 is 19.0 Å². The van der Waals surface area contributed by atoms with Gasteiger partial charge in [-0.05, 0) is 107 Å². The summed E-state index contributed by atoms with van der Waals surface area (Å²) in [5.74, 6) is 0.831. The van der Waals surface area contributed by atoms with Crippen molar-refractivity contribution in [2.75, 3.05) is 13.2 Å². The molecule has 39 heavy (non-hydrogen) atoms. The Bertz CT molecular complexity index is 905. The summed E-state index contributed by atoms with van der Waals surface area (Å²) in [5.41, 5.74) is 4.56. The van der Waals surface area contributed by atoms with Gasteiger partial charge in [0, 0.05) is 18.1 Å². The molecule has 0 spiro atoms. The van der Waals surface area contributed by atoms with E-state index in [1.807, 2.05) is 6.92 Å². The zero-order valence-electron chi connectivity index (χ0n) is 26.4. The average molecular weight is 545 g/mol. The normalized spacial score (nSPS) is 17.6. The van der Waals surface area contributed by atoms with Crippen molar-refractivity contribution in [3.63, 3.8) is 0 Å². The van der Waals surface area contributed by atoms with Crippen LogP contribution in [-0.2, 0) is 9.53 Å². The van der Waals surface area contributed by atoms with Crippen LogP contribution in [0, 0.1) is 29.6 Å². The maximum atomic E-state index is 15.1. The van der Waals surface area contributed by atoms with E-state index in [1.165, 1.54) is 30.1 Å². The van der Waals surface area contributed by atoms with Gasteiger partial charge in [0.1, 0.15) is 5.83 Å². The molecule has 0 saturated heterocycles. The smallest absolute Gasteiger partial charge is 0.333 e. The van der Waals surface area contributed by atoms with E-state index in [0.29, 0.717) is 35.3 Å². The molecule has 0 aromatic carbocycles. The average Bonchev–Trinajstić information content (AvgIpc) is 2.92. The molecule has 4 heteroatoms. The molecule has 0 radical (unpaired) electrons. The topological polar surface area (TPSA) is 46.5 Å². The van der Waals surface area contributed by atoms with Crippen molar-refractivity contribution in [3.05, 3.63) is 71.2 Å². The zero-order valence-corrected chi connectivity index (χ0v) is 26.4. The van der Waals surface area contributed by atoms with Crippen molar-refractivity contribution in [2.45, 2.75) is 101 Å². The predicted octanol–water partition coefficient (Wildman–Crippen LogP) is 9.87. The lowest BCUT2D eigenvalue weighted by molar-refractivity contribution is -0.140. The van der Waals surface area contributed by atoms with Crippen LogP contribution in [-0.4, -0.2) is 24.3 Å². The molecule has 3 nitrogen and oxygen atoms in total. The summed E-state index contributed by atoms with van der Waals surface area (Å²) in [6.45, 7) is 26.3. The van der Waals surface area contributed by atoms with Crippen molar-refractivity contribution in [1.29, 1.82) is 0 Å². The maximum absolute atomic E-state index is 15.1. The van der Waals surface area contributed by atoms with Crippen LogP contribution in [0.5, 0.6) is 0 Å². The second kappa shape index (κ2) is 19.8. The number of rotatable bonds is 19. The standard InChI is InChI=1S/C35H57FO3/c1-12-25(5)14-15-26(6)27(7)16-17-28(8)29(9)18-19-30(10)31(11)34(36)21-32(13-2)20-33(22-37)23-39-35(38)24(3)4/h13-15,21,27-30,33,37H,2-3,12,16-20,22-23H2,1,4-11H3/b25-14+,26-15+,32-21+,34-31-. The van der Waals surface area contributed by atoms with E-state index in [1.54, 1.807) is 13.0 Å². The Labute approximate surface area is 239 Å². The van der Waals surface area contributed by atoms with Gasteiger partial charge in [0.25, 0.3) is 0 Å². The van der Waals surface area contributed by atoms with Crippen LogP contribution in [0.4, 0.5) is 4.39 Å². The van der Waals surface area contributed by atoms with E-state index >= 15 is 4.39 Å². The number of ether oxygens (including phenoxy) is 1. The van der Waals surface area contributed by atoms with Crippen molar-refractivity contribution in [3.8, 4) is 0 Å². The van der Waals surface area contributed by atoms with Gasteiger partial charge < -0.3 is 9.84 Å². The van der Waals surface area contributed by atoms with E-state index in [2.05, 4.69) is 73.8 Å². The molecule has 5 unspecified atom stereocenters. The van der Waals surface area contributed by atoms with Crippen LogP contribution in [0.2, 0.25) is 0 Å². The number of carbonyl (C=O) groups is 1. The number of hydrogen-bond donors (Lipinski definition) is 1. The van der Waals surface area contributed by atoms with Crippen molar-refractivity contribution in [1.82, 2.24) is 0 Å². The lowest BCUT2D eigenvalue weighted by Crippen LogP contribution is -2.18. The summed E-state index contributed by atoms with van der Waals surface area (Å²) in [6, 6.07) is 0. The molecule has 0 bridgehead atoms. The summed E-state index contributed by atoms with van der Waals surface area (Å²) < 4.78 is 20.3. The van der Waals surface area contributed by atoms with E-state index in [-0.39, 0.29) is 30.9 Å². The number of carbonyl (C=O) groups excluding carboxylic acids is 1. The molecule has 0 amide bonds. The molecule has 5 atom stereocenters. The van der Waals surface area contributed by atoms with Crippen LogP contribution < -0.4 is 0 Å². The van der Waals surface area contributed by atoms with E-state index in [0.717, 1.165) is 24.8 Å². The molecule has 0 rings (SSSR count). The minimum atomic E-state index is -0.492. The fraction of sp³-hybridized carbons (Fsp3) is 0.629. The van der Waals surface area contributed by atoms with Gasteiger partial charge >= 0.3 is 5.97 Å². The number of aliphatic hydroxyl groups is 1. The molecule has 0 heterocycles. The highest BCUT2D eigenvalue weighted by molar-refractivity contribution is 5.86. The lowest BCUT2D eigenvalue weighted by atomic mass is 9.82. The zero-order chi connectivity index (χ0) is 30.1. The lowest BCUT2D eigenvalue weighted by Gasteiger charge is -2.23. The van der Waals surface area contributed by atoms with Crippen LogP contribution in [0.25, 0.3) is 0 Å². The van der Waals surface area contributed by atoms with E-state index < -0.39 is 5.97 Å². The monoisotopic (exact) mass is 544 g/mol. The number of allylic oxidation sites excluding steroid dienone is 9. The second-order valence-corrected chi connectivity index (χ2v) is 11.8. The van der Waals surface area contributed by atoms with Gasteiger partial charge in [-0.25, -0.2) is 9.18 Å². The largest absolute Gasteiger partial charge is 0.462 e. The van der Waals surface area contributed by atoms with E-state index in [9.17, 15) is 9.90 Å². The highest BCUT2D eigenvalue weighted by Gasteiger charge is 2.18. The molecule has 0 aromatic heterocycles. The van der Waals surface area contributed by atoms with Gasteiger partial charge in [0.05, 0.1) is 6.61 Å². The van der Waals surface area contributed by atoms with E-state index in [4.69, 9.17) is 4.74 Å². The molecule has 222 valence electrons. The number of aliphatic hydroxyl groups excluding tert-OH is 1. The summed E-state index contributed by atoms with van der Waals surface area (Å²) in [7, 11) is 0. The number of halogens is 1. The third kappa shape index (κ3) is 15.2. The van der Waals surface area contributed by atoms with Gasteiger partial charge in [-0.1, -0.05) is 77.2 Å². The minimum absolute atomic E-state index is 0.0500. The fourth-order valence-electron chi connectivity index (χ4n) is 4.13. The van der Waals surface area contributed by atoms with Crippen molar-refractivity contribution >= 4 is 5.97 Å². The second-order valence-electron chi connectivity index (χ2n) is 11.8. The summed E-state index contributed by atoms with van der Waals surface area (Å²) in [4.78, 5) is 11.6. The minimum Gasteiger partial charge on any atom is -0.462 e. The summed E-state index contributed by atoms with van der Waals surface area (Å²) in [5, 5.41) is 9.68. The highest BCUT2D eigenvalue weighted by atomic mass is 19.1. The molecule has 0 aliphatic rings. The first kappa shape index (κ1) is 36.8. The van der Waals surface area contributed by atoms with Gasteiger partial charge in [-0.2, -0.15) is 0 Å². The number of hydrogen-bond acceptors (Lipinski definition) is 3. The summed E-state index contributed by atoms with van der Waals surface area (Å²) >= 11 is 0. The van der Waals surface area contributed by atoms with Gasteiger partial charge in [-0.3, -0.25) is 0 Å². The SMILES string of the molecule is C=C/C(=C\C(F)=C(/C)C(C)CCC(C)C(C)CCC(C)/C(C)=C/C=C(\C)CC)CC(CO)COC(=O)C(=C)C. The maximum Gasteiger partial charge on any atom is 0.333 e. The number of esters is 1. The Balaban J connectivity index is 4.97. The molecule has 0 aromatic rings. The van der Waals surface area contributed by atoms with Crippen LogP contribution in [0.3, 0.4) is 0 Å². The fourth-order valence-corrected chi connectivity index (χ4v) is 4.13. The molecular formula is C35H57FO3. The quantitative estimate of drug-likeness (QED) is 0.1000. The van der Waals surface area contributed by atoms with Crippen LogP contribution in [0.1, 0.15) is 101 Å². The Morgan fingerprint density at radius 3 is 2.00 bits per heavy atom. The van der Waals surface area contributed by atoms with Gasteiger partial charge in [0.15, 0.2) is 0 Å². The first-order valence-corrected chi connectivity index (χ1v) is 14.7. The Kier molecular flexibility index (Phi) is 18.7. The molecule has 1 N–H and O–H groups in total. The third-order valence-electron chi connectivity index (χ3n) is 8.32. The van der Waals surface area contributed by atoms with Crippen LogP contribution >= 0.6 is 0 Å². The Hall–Kier alpha value is -2.20. The Morgan fingerprint density at radius 2 is 1.51 bits per heavy atom. The van der Waals surface area contributed by atoms with Crippen LogP contribution in [0.15, 0.2) is 71.2 Å². The first-order chi connectivity index (χ1) is 18.3. The highest BCUT2D eigenvalue weighted by Crippen LogP contribution is 2.30. The molecule has 0 fully saturated rings. The molecular weight excluding hydrogens is 487 g/mol. The first-order valence-electron chi connectivity index (χ1n) is 14.7. The predicted molar refractivity (Wildman–Crippen MR) is 166 cm³/mol. The van der Waals surface area contributed by atoms with Crippen molar-refractivity contribution in [2.24, 2.45) is 29.6 Å². The molecule has 0 aliphatic carbocycles. The summed E-state index contributed by atoms with van der Waals surface area (Å²) in [6.07, 6.45) is 13.5. The third-order valence-corrected chi connectivity index (χ3v) is 8.32.